The second-order valence-corrected chi connectivity index (χ2v) is 6.03. The van der Waals surface area contributed by atoms with Crippen LogP contribution in [0.4, 0.5) is 11.4 Å². The summed E-state index contributed by atoms with van der Waals surface area (Å²) in [5.41, 5.74) is 3.58. The van der Waals surface area contributed by atoms with E-state index in [0.717, 1.165) is 16.8 Å². The highest BCUT2D eigenvalue weighted by Crippen LogP contribution is 2.19. The molecule has 26 heavy (non-hydrogen) atoms. The molecule has 4 heteroatoms. The molecule has 0 saturated heterocycles. The van der Waals surface area contributed by atoms with E-state index in [1.807, 2.05) is 61.5 Å². The van der Waals surface area contributed by atoms with E-state index in [1.165, 1.54) is 0 Å². The Bertz CT molecular complexity index is 920. The summed E-state index contributed by atoms with van der Waals surface area (Å²) in [4.78, 5) is 25.0. The van der Waals surface area contributed by atoms with Crippen LogP contribution in [0, 0.1) is 6.92 Å². The molecule has 0 heterocycles. The predicted octanol–water partition coefficient (Wildman–Crippen LogP) is 4.43. The largest absolute Gasteiger partial charge is 0.325 e. The van der Waals surface area contributed by atoms with Crippen LogP contribution in [0.1, 0.15) is 21.5 Å². The molecule has 3 rings (SSSR count). The van der Waals surface area contributed by atoms with Gasteiger partial charge < -0.3 is 10.6 Å². The van der Waals surface area contributed by atoms with Gasteiger partial charge in [0.15, 0.2) is 0 Å². The van der Waals surface area contributed by atoms with Crippen molar-refractivity contribution in [2.45, 2.75) is 13.3 Å². The molecule has 130 valence electrons. The van der Waals surface area contributed by atoms with Crippen molar-refractivity contribution in [3.63, 3.8) is 0 Å². The summed E-state index contributed by atoms with van der Waals surface area (Å²) < 4.78 is 0. The molecule has 2 N–H and O–H groups in total. The van der Waals surface area contributed by atoms with Gasteiger partial charge in [0, 0.05) is 5.69 Å². The zero-order valence-corrected chi connectivity index (χ0v) is 14.5. The van der Waals surface area contributed by atoms with Gasteiger partial charge in [-0.25, -0.2) is 0 Å². The van der Waals surface area contributed by atoms with Gasteiger partial charge in [-0.15, -0.1) is 0 Å². The number of anilines is 2. The Morgan fingerprint density at radius 1 is 0.731 bits per heavy atom. The molecule has 3 aromatic carbocycles. The highest BCUT2D eigenvalue weighted by molar-refractivity contribution is 6.10. The first-order valence-corrected chi connectivity index (χ1v) is 8.43. The lowest BCUT2D eigenvalue weighted by molar-refractivity contribution is -0.115. The maximum Gasteiger partial charge on any atom is 0.257 e. The Morgan fingerprint density at radius 2 is 1.35 bits per heavy atom. The second-order valence-electron chi connectivity index (χ2n) is 6.03. The molecule has 3 aromatic rings. The van der Waals surface area contributed by atoms with Crippen LogP contribution in [0.2, 0.25) is 0 Å². The molecule has 0 aliphatic rings. The van der Waals surface area contributed by atoms with Gasteiger partial charge in [0.1, 0.15) is 0 Å². The van der Waals surface area contributed by atoms with Gasteiger partial charge in [-0.1, -0.05) is 60.7 Å². The number of nitrogens with one attached hydrogen (secondary N) is 2. The monoisotopic (exact) mass is 344 g/mol. The Morgan fingerprint density at radius 3 is 2.08 bits per heavy atom. The fraction of sp³-hybridized carbons (Fsp3) is 0.0909. The Labute approximate surface area is 152 Å². The Balaban J connectivity index is 1.74. The van der Waals surface area contributed by atoms with Crippen molar-refractivity contribution in [3.8, 4) is 0 Å². The van der Waals surface area contributed by atoms with Crippen molar-refractivity contribution in [1.82, 2.24) is 0 Å². The van der Waals surface area contributed by atoms with Crippen LogP contribution in [0.5, 0.6) is 0 Å². The zero-order valence-electron chi connectivity index (χ0n) is 14.5. The van der Waals surface area contributed by atoms with E-state index >= 15 is 0 Å². The quantitative estimate of drug-likeness (QED) is 0.719. The maximum absolute atomic E-state index is 12.7. The van der Waals surface area contributed by atoms with Crippen LogP contribution in [0.15, 0.2) is 78.9 Å². The van der Waals surface area contributed by atoms with Crippen molar-refractivity contribution < 1.29 is 9.59 Å². The maximum atomic E-state index is 12.7. The minimum absolute atomic E-state index is 0.160. The van der Waals surface area contributed by atoms with E-state index in [1.54, 1.807) is 24.3 Å². The number of carbonyl (C=O) groups excluding carboxylic acids is 2. The third-order valence-electron chi connectivity index (χ3n) is 4.05. The normalized spacial score (nSPS) is 10.2. The van der Waals surface area contributed by atoms with Crippen molar-refractivity contribution in [2.75, 3.05) is 10.6 Å². The lowest BCUT2D eigenvalue weighted by atomic mass is 10.1. The Kier molecular flexibility index (Phi) is 5.44. The van der Waals surface area contributed by atoms with Crippen LogP contribution in [0.3, 0.4) is 0 Å². The lowest BCUT2D eigenvalue weighted by Gasteiger charge is -2.12. The molecule has 0 atom stereocenters. The average Bonchev–Trinajstić information content (AvgIpc) is 2.65. The summed E-state index contributed by atoms with van der Waals surface area (Å²) in [5, 5.41) is 5.74. The molecule has 0 spiro atoms. The third kappa shape index (κ3) is 4.36. The van der Waals surface area contributed by atoms with Crippen molar-refractivity contribution in [2.24, 2.45) is 0 Å². The average molecular weight is 344 g/mol. The molecule has 0 bridgehead atoms. The summed E-state index contributed by atoms with van der Waals surface area (Å²) >= 11 is 0. The number of hydrogen-bond donors (Lipinski definition) is 2. The number of benzene rings is 3. The fourth-order valence-electron chi connectivity index (χ4n) is 2.67. The SMILES string of the molecule is Cc1ccccc1NC(=O)c1ccccc1NC(=O)Cc1ccccc1. The molecule has 4 nitrogen and oxygen atoms in total. The highest BCUT2D eigenvalue weighted by Gasteiger charge is 2.14. The molecule has 0 aliphatic carbocycles. The van der Waals surface area contributed by atoms with Gasteiger partial charge in [0.2, 0.25) is 5.91 Å². The van der Waals surface area contributed by atoms with Crippen LogP contribution < -0.4 is 10.6 Å². The number of para-hydroxylation sites is 2. The van der Waals surface area contributed by atoms with Crippen LogP contribution in [-0.4, -0.2) is 11.8 Å². The van der Waals surface area contributed by atoms with E-state index in [4.69, 9.17) is 0 Å². The first-order chi connectivity index (χ1) is 12.6. The van der Waals surface area contributed by atoms with E-state index in [9.17, 15) is 9.59 Å². The number of amides is 2. The van der Waals surface area contributed by atoms with Crippen LogP contribution >= 0.6 is 0 Å². The smallest absolute Gasteiger partial charge is 0.257 e. The van der Waals surface area contributed by atoms with Gasteiger partial charge in [-0.2, -0.15) is 0 Å². The summed E-state index contributed by atoms with van der Waals surface area (Å²) in [5.74, 6) is -0.415. The predicted molar refractivity (Wildman–Crippen MR) is 104 cm³/mol. The van der Waals surface area contributed by atoms with E-state index < -0.39 is 0 Å². The highest BCUT2D eigenvalue weighted by atomic mass is 16.2. The molecular formula is C22H20N2O2. The van der Waals surface area contributed by atoms with E-state index in [-0.39, 0.29) is 18.2 Å². The summed E-state index contributed by atoms with van der Waals surface area (Å²) in [6, 6.07) is 24.1. The first-order valence-electron chi connectivity index (χ1n) is 8.43. The number of hydrogen-bond acceptors (Lipinski definition) is 2. The second kappa shape index (κ2) is 8.12. The van der Waals surface area contributed by atoms with Crippen molar-refractivity contribution in [1.29, 1.82) is 0 Å². The number of carbonyl (C=O) groups is 2. The number of rotatable bonds is 5. The third-order valence-corrected chi connectivity index (χ3v) is 4.05. The van der Waals surface area contributed by atoms with Crippen molar-refractivity contribution >= 4 is 23.2 Å². The molecule has 0 aliphatic heterocycles. The number of aryl methyl sites for hydroxylation is 1. The van der Waals surface area contributed by atoms with Gasteiger partial charge in [-0.3, -0.25) is 9.59 Å². The molecule has 0 radical (unpaired) electrons. The van der Waals surface area contributed by atoms with Gasteiger partial charge in [-0.05, 0) is 36.2 Å². The van der Waals surface area contributed by atoms with Gasteiger partial charge in [0.05, 0.1) is 17.7 Å². The molecule has 0 fully saturated rings. The van der Waals surface area contributed by atoms with Crippen molar-refractivity contribution in [3.05, 3.63) is 95.6 Å². The minimum Gasteiger partial charge on any atom is -0.325 e. The van der Waals surface area contributed by atoms with E-state index in [0.29, 0.717) is 11.3 Å². The molecular weight excluding hydrogens is 324 g/mol. The van der Waals surface area contributed by atoms with Gasteiger partial charge in [0.25, 0.3) is 5.91 Å². The van der Waals surface area contributed by atoms with Gasteiger partial charge >= 0.3 is 0 Å². The van der Waals surface area contributed by atoms with E-state index in [2.05, 4.69) is 10.6 Å². The molecule has 2 amide bonds. The standard InChI is InChI=1S/C22H20N2O2/c1-16-9-5-7-13-19(16)24-22(26)18-12-6-8-14-20(18)23-21(25)15-17-10-3-2-4-11-17/h2-14H,15H2,1H3,(H,23,25)(H,24,26). The first kappa shape index (κ1) is 17.4. The molecule has 0 unspecified atom stereocenters. The summed E-state index contributed by atoms with van der Waals surface area (Å²) in [6.07, 6.45) is 0.259. The summed E-state index contributed by atoms with van der Waals surface area (Å²) in [6.45, 7) is 1.93. The molecule has 0 aromatic heterocycles. The van der Waals surface area contributed by atoms with Crippen LogP contribution in [-0.2, 0) is 11.2 Å². The Hall–Kier alpha value is -3.40. The summed E-state index contributed by atoms with van der Waals surface area (Å²) in [7, 11) is 0. The minimum atomic E-state index is -0.255. The zero-order chi connectivity index (χ0) is 18.4. The molecule has 0 saturated carbocycles. The van der Waals surface area contributed by atoms with Crippen LogP contribution in [0.25, 0.3) is 0 Å². The topological polar surface area (TPSA) is 58.2 Å². The fourth-order valence-corrected chi connectivity index (χ4v) is 2.67. The lowest BCUT2D eigenvalue weighted by Crippen LogP contribution is -2.19.